The van der Waals surface area contributed by atoms with Crippen LogP contribution in [-0.2, 0) is 7.05 Å². The molecule has 1 amide bonds. The van der Waals surface area contributed by atoms with Crippen molar-refractivity contribution < 1.29 is 14.6 Å². The first-order valence-corrected chi connectivity index (χ1v) is 6.22. The lowest BCUT2D eigenvalue weighted by Crippen LogP contribution is -2.12. The van der Waals surface area contributed by atoms with E-state index < -0.39 is 0 Å². The monoisotopic (exact) mass is 285 g/mol. The highest BCUT2D eigenvalue weighted by Gasteiger charge is 2.11. The molecule has 1 aromatic heterocycles. The molecule has 0 aliphatic heterocycles. The summed E-state index contributed by atoms with van der Waals surface area (Å²) in [4.78, 5) is 12.1. The van der Waals surface area contributed by atoms with E-state index in [2.05, 4.69) is 22.3 Å². The van der Waals surface area contributed by atoms with Gasteiger partial charge in [-0.3, -0.25) is 9.48 Å². The summed E-state index contributed by atoms with van der Waals surface area (Å²) < 4.78 is 6.76. The fourth-order valence-corrected chi connectivity index (χ4v) is 1.76. The second-order valence-corrected chi connectivity index (χ2v) is 4.23. The predicted octanol–water partition coefficient (Wildman–Crippen LogP) is 1.02. The van der Waals surface area contributed by atoms with E-state index >= 15 is 0 Å². The summed E-state index contributed by atoms with van der Waals surface area (Å²) >= 11 is 0. The van der Waals surface area contributed by atoms with Crippen molar-refractivity contribution in [3.8, 4) is 17.6 Å². The van der Waals surface area contributed by atoms with Crippen molar-refractivity contribution in [2.45, 2.75) is 0 Å². The molecule has 0 bridgehead atoms. The fraction of sp³-hybridized carbons (Fsp3) is 0.200. The van der Waals surface area contributed by atoms with Crippen molar-refractivity contribution in [1.82, 2.24) is 9.78 Å². The molecule has 2 N–H and O–H groups in total. The highest BCUT2D eigenvalue weighted by Crippen LogP contribution is 2.25. The largest absolute Gasteiger partial charge is 0.495 e. The molecule has 6 heteroatoms. The molecule has 0 aliphatic carbocycles. The van der Waals surface area contributed by atoms with Crippen molar-refractivity contribution >= 4 is 11.6 Å². The number of hydrogen-bond acceptors (Lipinski definition) is 4. The van der Waals surface area contributed by atoms with Gasteiger partial charge in [0, 0.05) is 18.8 Å². The number of ether oxygens (including phenoxy) is 1. The quantitative estimate of drug-likeness (QED) is 0.826. The van der Waals surface area contributed by atoms with Crippen LogP contribution in [0, 0.1) is 11.8 Å². The van der Waals surface area contributed by atoms with Crippen LogP contribution < -0.4 is 10.1 Å². The van der Waals surface area contributed by atoms with E-state index in [9.17, 15) is 4.79 Å². The Morgan fingerprint density at radius 2 is 2.33 bits per heavy atom. The number of aliphatic hydroxyl groups excluding tert-OH is 1. The molecule has 21 heavy (non-hydrogen) atoms. The van der Waals surface area contributed by atoms with Crippen molar-refractivity contribution in [2.24, 2.45) is 7.05 Å². The SMILES string of the molecule is COc1ccc(C#CCO)cc1NC(=O)c1cnn(C)c1. The molecule has 2 aromatic rings. The fourth-order valence-electron chi connectivity index (χ4n) is 1.76. The molecule has 0 atom stereocenters. The van der Waals surface area contributed by atoms with Crippen molar-refractivity contribution in [3.63, 3.8) is 0 Å². The summed E-state index contributed by atoms with van der Waals surface area (Å²) in [6, 6.07) is 5.15. The Labute approximate surface area is 122 Å². The summed E-state index contributed by atoms with van der Waals surface area (Å²) in [7, 11) is 3.26. The number of amides is 1. The van der Waals surface area contributed by atoms with Gasteiger partial charge in [0.15, 0.2) is 0 Å². The summed E-state index contributed by atoms with van der Waals surface area (Å²) in [5.41, 5.74) is 1.63. The van der Waals surface area contributed by atoms with Crippen LogP contribution >= 0.6 is 0 Å². The topological polar surface area (TPSA) is 76.4 Å². The first-order valence-electron chi connectivity index (χ1n) is 6.22. The van der Waals surface area contributed by atoms with E-state index in [1.54, 1.807) is 36.1 Å². The zero-order chi connectivity index (χ0) is 15.2. The van der Waals surface area contributed by atoms with Gasteiger partial charge in [0.05, 0.1) is 24.6 Å². The lowest BCUT2D eigenvalue weighted by Gasteiger charge is -2.09. The first kappa shape index (κ1) is 14.6. The molecule has 1 heterocycles. The van der Waals surface area contributed by atoms with Crippen molar-refractivity contribution in [1.29, 1.82) is 0 Å². The number of nitrogens with zero attached hydrogens (tertiary/aromatic N) is 2. The molecule has 0 saturated carbocycles. The Kier molecular flexibility index (Phi) is 4.59. The van der Waals surface area contributed by atoms with Gasteiger partial charge in [-0.1, -0.05) is 11.8 Å². The number of methoxy groups -OCH3 is 1. The van der Waals surface area contributed by atoms with E-state index in [0.29, 0.717) is 22.6 Å². The summed E-state index contributed by atoms with van der Waals surface area (Å²) in [6.45, 7) is -0.219. The average Bonchev–Trinajstić information content (AvgIpc) is 2.92. The maximum atomic E-state index is 12.1. The lowest BCUT2D eigenvalue weighted by atomic mass is 10.2. The Morgan fingerprint density at radius 3 is 2.95 bits per heavy atom. The minimum atomic E-state index is -0.284. The third-order valence-electron chi connectivity index (χ3n) is 2.73. The number of benzene rings is 1. The summed E-state index contributed by atoms with van der Waals surface area (Å²) in [5, 5.41) is 15.4. The van der Waals surface area contributed by atoms with Gasteiger partial charge in [-0.25, -0.2) is 0 Å². The highest BCUT2D eigenvalue weighted by atomic mass is 16.5. The predicted molar refractivity (Wildman–Crippen MR) is 78.1 cm³/mol. The van der Waals surface area contributed by atoms with Crippen molar-refractivity contribution in [2.75, 3.05) is 19.0 Å². The van der Waals surface area contributed by atoms with Gasteiger partial charge in [-0.05, 0) is 18.2 Å². The number of nitrogens with one attached hydrogen (secondary N) is 1. The molecule has 0 fully saturated rings. The van der Waals surface area contributed by atoms with Crippen LogP contribution in [0.5, 0.6) is 5.75 Å². The average molecular weight is 285 g/mol. The maximum Gasteiger partial charge on any atom is 0.258 e. The number of aryl methyl sites for hydroxylation is 1. The minimum absolute atomic E-state index is 0.219. The summed E-state index contributed by atoms with van der Waals surface area (Å²) in [6.07, 6.45) is 3.11. The Hall–Kier alpha value is -2.78. The Morgan fingerprint density at radius 1 is 1.52 bits per heavy atom. The van der Waals surface area contributed by atoms with Crippen LogP contribution in [0.4, 0.5) is 5.69 Å². The third kappa shape index (κ3) is 3.61. The lowest BCUT2D eigenvalue weighted by molar-refractivity contribution is 0.102. The van der Waals surface area contributed by atoms with Gasteiger partial charge >= 0.3 is 0 Å². The molecule has 1 aromatic carbocycles. The number of anilines is 1. The minimum Gasteiger partial charge on any atom is -0.495 e. The van der Waals surface area contributed by atoms with Crippen molar-refractivity contribution in [3.05, 3.63) is 41.7 Å². The molecular weight excluding hydrogens is 270 g/mol. The molecule has 6 nitrogen and oxygen atoms in total. The van der Waals surface area contributed by atoms with E-state index in [1.165, 1.54) is 13.3 Å². The molecular formula is C15H15N3O3. The number of aromatic nitrogens is 2. The van der Waals surface area contributed by atoms with Crippen LogP contribution in [0.3, 0.4) is 0 Å². The Bertz CT molecular complexity index is 710. The maximum absolute atomic E-state index is 12.1. The molecule has 2 rings (SSSR count). The van der Waals surface area contributed by atoms with E-state index in [1.807, 2.05) is 0 Å². The van der Waals surface area contributed by atoms with Crippen LogP contribution in [-0.4, -0.2) is 34.5 Å². The molecule has 0 spiro atoms. The molecule has 0 radical (unpaired) electrons. The van der Waals surface area contributed by atoms with E-state index in [4.69, 9.17) is 9.84 Å². The first-order chi connectivity index (χ1) is 10.1. The zero-order valence-corrected chi connectivity index (χ0v) is 11.8. The third-order valence-corrected chi connectivity index (χ3v) is 2.73. The zero-order valence-electron chi connectivity index (χ0n) is 11.8. The number of aliphatic hydroxyl groups is 1. The van der Waals surface area contributed by atoms with Gasteiger partial charge in [0.25, 0.3) is 5.91 Å². The second-order valence-electron chi connectivity index (χ2n) is 4.23. The molecule has 0 aliphatic rings. The van der Waals surface area contributed by atoms with E-state index in [-0.39, 0.29) is 12.5 Å². The number of carbonyl (C=O) groups excluding carboxylic acids is 1. The van der Waals surface area contributed by atoms with Crippen LogP contribution in [0.25, 0.3) is 0 Å². The van der Waals surface area contributed by atoms with Gasteiger partial charge in [-0.2, -0.15) is 5.10 Å². The normalized spacial score (nSPS) is 9.67. The number of rotatable bonds is 3. The number of hydrogen-bond donors (Lipinski definition) is 2. The standard InChI is InChI=1S/C15H15N3O3/c1-18-10-12(9-16-18)15(20)17-13-8-11(4-3-7-19)5-6-14(13)21-2/h5-6,8-10,19H,7H2,1-2H3,(H,17,20). The highest BCUT2D eigenvalue weighted by molar-refractivity contribution is 6.04. The van der Waals surface area contributed by atoms with E-state index in [0.717, 1.165) is 0 Å². The molecule has 108 valence electrons. The second kappa shape index (κ2) is 6.59. The van der Waals surface area contributed by atoms with Crippen LogP contribution in [0.1, 0.15) is 15.9 Å². The van der Waals surface area contributed by atoms with Crippen LogP contribution in [0.15, 0.2) is 30.6 Å². The van der Waals surface area contributed by atoms with Gasteiger partial charge < -0.3 is 15.2 Å². The molecule has 0 unspecified atom stereocenters. The summed E-state index contributed by atoms with van der Waals surface area (Å²) in [5.74, 6) is 5.58. The van der Waals surface area contributed by atoms with Gasteiger partial charge in [0.1, 0.15) is 12.4 Å². The Balaban J connectivity index is 2.26. The van der Waals surface area contributed by atoms with Gasteiger partial charge in [-0.15, -0.1) is 0 Å². The van der Waals surface area contributed by atoms with Gasteiger partial charge in [0.2, 0.25) is 0 Å². The molecule has 0 saturated heterocycles. The number of carbonyl (C=O) groups is 1. The smallest absolute Gasteiger partial charge is 0.258 e. The van der Waals surface area contributed by atoms with Crippen LogP contribution in [0.2, 0.25) is 0 Å².